The van der Waals surface area contributed by atoms with Gasteiger partial charge in [-0.3, -0.25) is 9.69 Å². The van der Waals surface area contributed by atoms with E-state index in [2.05, 4.69) is 34.9 Å². The monoisotopic (exact) mass is 345 g/mol. The summed E-state index contributed by atoms with van der Waals surface area (Å²) >= 11 is 0. The van der Waals surface area contributed by atoms with Crippen molar-refractivity contribution in [2.45, 2.75) is 19.3 Å². The normalized spacial score (nSPS) is 21.6. The molecule has 1 atom stereocenters. The Hall–Kier alpha value is -1.59. The zero-order valence-corrected chi connectivity index (χ0v) is 15.6. The van der Waals surface area contributed by atoms with Gasteiger partial charge < -0.3 is 14.5 Å². The number of hydrogen-bond donors (Lipinski definition) is 0. The number of nitrogens with zero attached hydrogens (tertiary/aromatic N) is 3. The summed E-state index contributed by atoms with van der Waals surface area (Å²) in [5.74, 6) is 1.32. The van der Waals surface area contributed by atoms with E-state index in [1.165, 1.54) is 12.0 Å². The van der Waals surface area contributed by atoms with E-state index < -0.39 is 0 Å². The second-order valence-electron chi connectivity index (χ2n) is 7.47. The summed E-state index contributed by atoms with van der Waals surface area (Å²) in [5.41, 5.74) is 1.17. The van der Waals surface area contributed by atoms with Crippen molar-refractivity contribution < 1.29 is 9.53 Å². The van der Waals surface area contributed by atoms with Crippen LogP contribution in [0.3, 0.4) is 0 Å². The standard InChI is InChI=1S/C20H31N3O2/c1-21(2)9-5-10-22-11-13-23(14-12-22)20(24)18-8-15-25-19-7-4-3-6-17(19)16-18/h3-4,6-7,18H,5,8-16H2,1-2H3. The Kier molecular flexibility index (Phi) is 6.32. The molecule has 2 heterocycles. The molecule has 25 heavy (non-hydrogen) atoms. The van der Waals surface area contributed by atoms with Gasteiger partial charge in [0.2, 0.25) is 5.91 Å². The molecule has 1 amide bonds. The van der Waals surface area contributed by atoms with Crippen LogP contribution in [0.4, 0.5) is 0 Å². The highest BCUT2D eigenvalue weighted by Crippen LogP contribution is 2.27. The molecule has 1 aromatic carbocycles. The van der Waals surface area contributed by atoms with Crippen molar-refractivity contribution in [3.63, 3.8) is 0 Å². The molecule has 3 rings (SSSR count). The van der Waals surface area contributed by atoms with E-state index in [9.17, 15) is 4.79 Å². The third kappa shape index (κ3) is 4.95. The lowest BCUT2D eigenvalue weighted by molar-refractivity contribution is -0.137. The molecule has 1 unspecified atom stereocenters. The van der Waals surface area contributed by atoms with Gasteiger partial charge >= 0.3 is 0 Å². The van der Waals surface area contributed by atoms with E-state index in [1.807, 2.05) is 18.2 Å². The quantitative estimate of drug-likeness (QED) is 0.814. The lowest BCUT2D eigenvalue weighted by atomic mass is 9.95. The average Bonchev–Trinajstić information content (AvgIpc) is 2.84. The van der Waals surface area contributed by atoms with Gasteiger partial charge in [-0.2, -0.15) is 0 Å². The molecule has 0 radical (unpaired) electrons. The summed E-state index contributed by atoms with van der Waals surface area (Å²) in [6, 6.07) is 8.12. The minimum Gasteiger partial charge on any atom is -0.493 e. The Bertz CT molecular complexity index is 568. The Morgan fingerprint density at radius 2 is 1.96 bits per heavy atom. The van der Waals surface area contributed by atoms with Crippen molar-refractivity contribution in [1.29, 1.82) is 0 Å². The first-order valence-electron chi connectivity index (χ1n) is 9.50. The zero-order chi connectivity index (χ0) is 17.6. The Balaban J connectivity index is 1.49. The molecule has 2 aliphatic rings. The predicted octanol–water partition coefficient (Wildman–Crippen LogP) is 1.72. The van der Waals surface area contributed by atoms with Crippen LogP contribution in [-0.2, 0) is 11.2 Å². The highest BCUT2D eigenvalue weighted by atomic mass is 16.5. The maximum Gasteiger partial charge on any atom is 0.226 e. The topological polar surface area (TPSA) is 36.0 Å². The van der Waals surface area contributed by atoms with Gasteiger partial charge in [0, 0.05) is 32.1 Å². The van der Waals surface area contributed by atoms with Crippen molar-refractivity contribution >= 4 is 5.91 Å². The lowest BCUT2D eigenvalue weighted by Gasteiger charge is -2.36. The van der Waals surface area contributed by atoms with Gasteiger partial charge in [0.15, 0.2) is 0 Å². The van der Waals surface area contributed by atoms with E-state index in [4.69, 9.17) is 4.74 Å². The van der Waals surface area contributed by atoms with E-state index in [0.29, 0.717) is 12.5 Å². The Morgan fingerprint density at radius 1 is 1.20 bits per heavy atom. The number of ether oxygens (including phenoxy) is 1. The van der Waals surface area contributed by atoms with Crippen LogP contribution in [0, 0.1) is 5.92 Å². The molecule has 138 valence electrons. The molecule has 0 bridgehead atoms. The molecule has 0 saturated carbocycles. The largest absolute Gasteiger partial charge is 0.493 e. The number of para-hydroxylation sites is 1. The Morgan fingerprint density at radius 3 is 2.72 bits per heavy atom. The fourth-order valence-corrected chi connectivity index (χ4v) is 3.76. The van der Waals surface area contributed by atoms with E-state index in [-0.39, 0.29) is 5.92 Å². The molecule has 0 aromatic heterocycles. The summed E-state index contributed by atoms with van der Waals surface area (Å²) in [6.45, 7) is 6.61. The first-order valence-corrected chi connectivity index (χ1v) is 9.50. The van der Waals surface area contributed by atoms with Gasteiger partial charge in [-0.1, -0.05) is 18.2 Å². The number of benzene rings is 1. The molecule has 1 saturated heterocycles. The zero-order valence-electron chi connectivity index (χ0n) is 15.6. The number of rotatable bonds is 5. The van der Waals surface area contributed by atoms with Crippen molar-refractivity contribution in [2.75, 3.05) is 60.0 Å². The third-order valence-electron chi connectivity index (χ3n) is 5.28. The predicted molar refractivity (Wildman–Crippen MR) is 99.9 cm³/mol. The van der Waals surface area contributed by atoms with Gasteiger partial charge in [0.25, 0.3) is 0 Å². The Labute approximate surface area is 151 Å². The third-order valence-corrected chi connectivity index (χ3v) is 5.28. The van der Waals surface area contributed by atoms with Gasteiger partial charge in [0.1, 0.15) is 5.75 Å². The first-order chi connectivity index (χ1) is 12.1. The summed E-state index contributed by atoms with van der Waals surface area (Å²) in [7, 11) is 4.23. The average molecular weight is 345 g/mol. The van der Waals surface area contributed by atoms with Crippen LogP contribution in [0.15, 0.2) is 24.3 Å². The minimum absolute atomic E-state index is 0.0592. The molecule has 1 fully saturated rings. The van der Waals surface area contributed by atoms with Crippen LogP contribution in [0.25, 0.3) is 0 Å². The molecule has 0 N–H and O–H groups in total. The molecular weight excluding hydrogens is 314 g/mol. The van der Waals surface area contributed by atoms with Crippen molar-refractivity contribution in [3.05, 3.63) is 29.8 Å². The molecule has 0 spiro atoms. The van der Waals surface area contributed by atoms with E-state index in [0.717, 1.165) is 57.9 Å². The van der Waals surface area contributed by atoms with Gasteiger partial charge in [0.05, 0.1) is 6.61 Å². The number of hydrogen-bond acceptors (Lipinski definition) is 4. The highest BCUT2D eigenvalue weighted by molar-refractivity contribution is 5.79. The lowest BCUT2D eigenvalue weighted by Crippen LogP contribution is -2.50. The van der Waals surface area contributed by atoms with Crippen LogP contribution in [-0.4, -0.2) is 80.6 Å². The number of carbonyl (C=O) groups is 1. The molecule has 0 aliphatic carbocycles. The highest BCUT2D eigenvalue weighted by Gasteiger charge is 2.29. The number of carbonyl (C=O) groups excluding carboxylic acids is 1. The van der Waals surface area contributed by atoms with E-state index >= 15 is 0 Å². The smallest absolute Gasteiger partial charge is 0.226 e. The molecule has 2 aliphatic heterocycles. The summed E-state index contributed by atoms with van der Waals surface area (Å²) in [6.07, 6.45) is 2.81. The molecule has 1 aromatic rings. The maximum absolute atomic E-state index is 13.0. The van der Waals surface area contributed by atoms with Crippen LogP contribution in [0.1, 0.15) is 18.4 Å². The molecule has 5 heteroatoms. The second-order valence-corrected chi connectivity index (χ2v) is 7.47. The van der Waals surface area contributed by atoms with Crippen LogP contribution in [0.5, 0.6) is 5.75 Å². The van der Waals surface area contributed by atoms with Crippen molar-refractivity contribution in [1.82, 2.24) is 14.7 Å². The minimum atomic E-state index is 0.0592. The number of fused-ring (bicyclic) bond motifs is 1. The molecular formula is C20H31N3O2. The van der Waals surface area contributed by atoms with Gasteiger partial charge in [-0.05, 0) is 58.1 Å². The summed E-state index contributed by atoms with van der Waals surface area (Å²) in [4.78, 5) is 19.8. The maximum atomic E-state index is 13.0. The fourth-order valence-electron chi connectivity index (χ4n) is 3.76. The fraction of sp³-hybridized carbons (Fsp3) is 0.650. The molecule has 5 nitrogen and oxygen atoms in total. The van der Waals surface area contributed by atoms with Crippen LogP contribution < -0.4 is 4.74 Å². The SMILES string of the molecule is CN(C)CCCN1CCN(C(=O)C2CCOc3ccccc3C2)CC1. The summed E-state index contributed by atoms with van der Waals surface area (Å²) < 4.78 is 5.81. The number of piperazine rings is 1. The van der Waals surface area contributed by atoms with E-state index in [1.54, 1.807) is 0 Å². The van der Waals surface area contributed by atoms with Crippen LogP contribution >= 0.6 is 0 Å². The second kappa shape index (κ2) is 8.68. The number of amides is 1. The van der Waals surface area contributed by atoms with Crippen molar-refractivity contribution in [3.8, 4) is 5.75 Å². The summed E-state index contributed by atoms with van der Waals surface area (Å²) in [5, 5.41) is 0. The van der Waals surface area contributed by atoms with Gasteiger partial charge in [-0.25, -0.2) is 0 Å². The first kappa shape index (κ1) is 18.2. The van der Waals surface area contributed by atoms with Crippen molar-refractivity contribution in [2.24, 2.45) is 5.92 Å². The van der Waals surface area contributed by atoms with Gasteiger partial charge in [-0.15, -0.1) is 0 Å². The van der Waals surface area contributed by atoms with Crippen LogP contribution in [0.2, 0.25) is 0 Å².